The SMILES string of the molecule is CCCCCCCC/C=C\CCCCCCCC(=O)N(C)CC(=O)[O-].CCCCCCCC/C=C\CCCCCCCC(=O)N(C)CC(=O)[O-].CCCCCCCC/C=C\CCCCCCCC(=O)N(C)CC(=O)[O-].[Cr+3]. The predicted molar refractivity (Wildman–Crippen MR) is 306 cm³/mol. The van der Waals surface area contributed by atoms with Gasteiger partial charge in [0.15, 0.2) is 0 Å². The van der Waals surface area contributed by atoms with Gasteiger partial charge in [0.05, 0.1) is 37.5 Å². The second-order valence-electron chi connectivity index (χ2n) is 20.9. The van der Waals surface area contributed by atoms with E-state index in [0.29, 0.717) is 19.3 Å². The molecule has 0 bridgehead atoms. The van der Waals surface area contributed by atoms with Gasteiger partial charge in [-0.1, -0.05) is 211 Å². The Bertz CT molecular complexity index is 1270. The first kappa shape index (κ1) is 79.1. The summed E-state index contributed by atoms with van der Waals surface area (Å²) in [5.41, 5.74) is 0. The molecule has 0 saturated heterocycles. The van der Waals surface area contributed by atoms with Crippen molar-refractivity contribution in [3.05, 3.63) is 36.5 Å². The fourth-order valence-corrected chi connectivity index (χ4v) is 8.46. The molecule has 0 saturated carbocycles. The Morgan fingerprint density at radius 1 is 0.276 bits per heavy atom. The van der Waals surface area contributed by atoms with Crippen LogP contribution >= 0.6 is 0 Å². The van der Waals surface area contributed by atoms with Crippen LogP contribution < -0.4 is 15.3 Å². The Morgan fingerprint density at radius 2 is 0.434 bits per heavy atom. The Labute approximate surface area is 477 Å². The van der Waals surface area contributed by atoms with Crippen LogP contribution in [0.15, 0.2) is 36.5 Å². The summed E-state index contributed by atoms with van der Waals surface area (Å²) in [6.45, 7) is 5.81. The largest absolute Gasteiger partial charge is 3.00 e. The maximum Gasteiger partial charge on any atom is 3.00 e. The zero-order valence-corrected chi connectivity index (χ0v) is 51.0. The minimum absolute atomic E-state index is 0. The summed E-state index contributed by atoms with van der Waals surface area (Å²) < 4.78 is 0. The Balaban J connectivity index is -0.000000508. The molecule has 1 radical (unpaired) electrons. The van der Waals surface area contributed by atoms with Crippen LogP contribution in [0.3, 0.4) is 0 Å². The molecule has 3 amide bonds. The number of hydrogen-bond donors (Lipinski definition) is 0. The van der Waals surface area contributed by atoms with Crippen molar-refractivity contribution in [3.63, 3.8) is 0 Å². The molecule has 0 aromatic rings. The summed E-state index contributed by atoms with van der Waals surface area (Å²) in [5.74, 6) is -3.95. The molecule has 0 aliphatic carbocycles. The average molecular weight is 1110 g/mol. The van der Waals surface area contributed by atoms with E-state index in [1.807, 2.05) is 0 Å². The number of amides is 3. The van der Waals surface area contributed by atoms with Crippen molar-refractivity contribution in [1.82, 2.24) is 14.7 Å². The van der Waals surface area contributed by atoms with Crippen LogP contribution in [0.2, 0.25) is 0 Å². The summed E-state index contributed by atoms with van der Waals surface area (Å²) in [6.07, 6.45) is 63.0. The van der Waals surface area contributed by atoms with Gasteiger partial charge in [0.1, 0.15) is 0 Å². The van der Waals surface area contributed by atoms with Crippen molar-refractivity contribution >= 4 is 35.6 Å². The molecule has 0 heterocycles. The molecule has 0 atom stereocenters. The van der Waals surface area contributed by atoms with E-state index in [9.17, 15) is 44.1 Å². The van der Waals surface area contributed by atoms with Gasteiger partial charge in [-0.2, -0.15) is 0 Å². The van der Waals surface area contributed by atoms with E-state index in [1.54, 1.807) is 0 Å². The fraction of sp³-hybridized carbons (Fsp3) is 0.810. The minimum atomic E-state index is -1.21. The van der Waals surface area contributed by atoms with E-state index in [2.05, 4.69) is 57.2 Å². The molecule has 0 aliphatic heterocycles. The van der Waals surface area contributed by atoms with Crippen molar-refractivity contribution in [2.45, 2.75) is 290 Å². The second kappa shape index (κ2) is 64.1. The third-order valence-electron chi connectivity index (χ3n) is 13.3. The quantitative estimate of drug-likeness (QED) is 0.0423. The average Bonchev–Trinajstić information content (AvgIpc) is 3.37. The summed E-state index contributed by atoms with van der Waals surface area (Å²) in [7, 11) is 4.53. The summed E-state index contributed by atoms with van der Waals surface area (Å²) >= 11 is 0. The smallest absolute Gasteiger partial charge is 0.548 e. The normalized spacial score (nSPS) is 11.0. The van der Waals surface area contributed by atoms with Gasteiger partial charge >= 0.3 is 17.4 Å². The van der Waals surface area contributed by atoms with Crippen molar-refractivity contribution in [3.8, 4) is 0 Å². The zero-order chi connectivity index (χ0) is 56.3. The molecule has 12 nitrogen and oxygen atoms in total. The number of carbonyl (C=O) groups excluding carboxylic acids is 6. The summed E-state index contributed by atoms with van der Waals surface area (Å²) in [5, 5.41) is 31.2. The van der Waals surface area contributed by atoms with Gasteiger partial charge in [0.25, 0.3) is 0 Å². The molecule has 0 rings (SSSR count). The Morgan fingerprint density at radius 3 is 0.605 bits per heavy atom. The van der Waals surface area contributed by atoms with Crippen LogP contribution in [0.1, 0.15) is 290 Å². The van der Waals surface area contributed by atoms with Gasteiger partial charge in [-0.3, -0.25) is 14.4 Å². The number of carboxylic acids is 3. The van der Waals surface area contributed by atoms with Gasteiger partial charge in [0, 0.05) is 40.4 Å². The van der Waals surface area contributed by atoms with Gasteiger partial charge in [0.2, 0.25) is 17.7 Å². The molecule has 0 N–H and O–H groups in total. The van der Waals surface area contributed by atoms with Crippen molar-refractivity contribution in [2.75, 3.05) is 40.8 Å². The van der Waals surface area contributed by atoms with Crippen LogP contribution in [-0.4, -0.2) is 91.1 Å². The summed E-state index contributed by atoms with van der Waals surface area (Å²) in [4.78, 5) is 69.8. The minimum Gasteiger partial charge on any atom is -0.548 e. The number of unbranched alkanes of at least 4 members (excludes halogenated alkanes) is 33. The van der Waals surface area contributed by atoms with E-state index >= 15 is 0 Å². The number of rotatable bonds is 51. The van der Waals surface area contributed by atoms with E-state index in [0.717, 1.165) is 77.0 Å². The first-order chi connectivity index (χ1) is 36.2. The number of nitrogens with zero attached hydrogens (tertiary/aromatic N) is 3. The fourth-order valence-electron chi connectivity index (χ4n) is 8.46. The number of carbonyl (C=O) groups is 6. The molecular weight excluding hydrogens is 995 g/mol. The molecule has 0 spiro atoms. The molecule has 0 unspecified atom stereocenters. The van der Waals surface area contributed by atoms with E-state index in [-0.39, 0.29) is 54.7 Å². The van der Waals surface area contributed by atoms with Crippen LogP contribution in [0.25, 0.3) is 0 Å². The van der Waals surface area contributed by atoms with Crippen LogP contribution in [0.5, 0.6) is 0 Å². The number of likely N-dealkylation sites (N-methyl/N-ethyl adjacent to an activating group) is 3. The zero-order valence-electron chi connectivity index (χ0n) is 49.7. The van der Waals surface area contributed by atoms with E-state index in [1.165, 1.54) is 209 Å². The van der Waals surface area contributed by atoms with Crippen molar-refractivity contribution in [2.24, 2.45) is 0 Å². The monoisotopic (exact) mass is 1110 g/mol. The molecule has 0 aromatic heterocycles. The van der Waals surface area contributed by atoms with Gasteiger partial charge < -0.3 is 44.4 Å². The van der Waals surface area contributed by atoms with Crippen LogP contribution in [0.4, 0.5) is 0 Å². The predicted octanol–water partition coefficient (Wildman–Crippen LogP) is 12.7. The number of hydrogen-bond acceptors (Lipinski definition) is 9. The van der Waals surface area contributed by atoms with Gasteiger partial charge in [-0.05, 0) is 96.3 Å². The van der Waals surface area contributed by atoms with Crippen LogP contribution in [-0.2, 0) is 46.1 Å². The molecular formula is C63H114CrN3O9. The third-order valence-corrected chi connectivity index (χ3v) is 13.3. The molecule has 13 heteroatoms. The van der Waals surface area contributed by atoms with Gasteiger partial charge in [-0.25, -0.2) is 0 Å². The Hall–Kier alpha value is -3.43. The van der Waals surface area contributed by atoms with Crippen molar-refractivity contribution < 1.29 is 61.4 Å². The first-order valence-corrected chi connectivity index (χ1v) is 30.5. The Kier molecular flexibility index (Phi) is 66.7. The number of allylic oxidation sites excluding steroid dienone is 6. The topological polar surface area (TPSA) is 181 Å². The second-order valence-corrected chi connectivity index (χ2v) is 20.9. The molecule has 0 aromatic carbocycles. The molecule has 0 aliphatic rings. The van der Waals surface area contributed by atoms with Crippen molar-refractivity contribution in [1.29, 1.82) is 0 Å². The summed E-state index contributed by atoms with van der Waals surface area (Å²) in [6, 6.07) is 0. The molecule has 76 heavy (non-hydrogen) atoms. The molecule has 441 valence electrons. The molecule has 0 fully saturated rings. The van der Waals surface area contributed by atoms with Crippen LogP contribution in [0, 0.1) is 0 Å². The number of carboxylic acid groups (broad SMARTS) is 3. The maximum absolute atomic E-state index is 11.6. The van der Waals surface area contributed by atoms with E-state index in [4.69, 9.17) is 0 Å². The standard InChI is InChI=1S/3C21H39NO3.Cr/c3*1-3-4-5-6-7-8-9-10-11-12-13-14-15-16-17-18-20(23)22(2)19-21(24)25;/h3*10-11H,3-9,12-19H2,1-2H3,(H,24,25);/q;;;+3/p-3/b3*11-10-;. The number of aliphatic carboxylic acids is 3. The van der Waals surface area contributed by atoms with E-state index < -0.39 is 17.9 Å². The maximum atomic E-state index is 11.6. The first-order valence-electron chi connectivity index (χ1n) is 30.5. The third kappa shape index (κ3) is 66.7. The van der Waals surface area contributed by atoms with Gasteiger partial charge in [-0.15, -0.1) is 0 Å².